The largest absolute Gasteiger partial charge is 0.370 e. The van der Waals surface area contributed by atoms with E-state index < -0.39 is 0 Å². The molecule has 1 N–H and O–H groups in total. The molecule has 112 valence electrons. The average molecular weight is 276 g/mol. The van der Waals surface area contributed by atoms with Crippen LogP contribution in [0, 0.1) is 12.8 Å². The van der Waals surface area contributed by atoms with Crippen LogP contribution in [-0.2, 0) is 0 Å². The molecule has 1 atom stereocenters. The summed E-state index contributed by atoms with van der Waals surface area (Å²) in [4.78, 5) is 12.0. The van der Waals surface area contributed by atoms with E-state index in [-0.39, 0.29) is 0 Å². The van der Waals surface area contributed by atoms with Crippen molar-refractivity contribution >= 4 is 11.6 Å². The summed E-state index contributed by atoms with van der Waals surface area (Å²) in [7, 11) is 0. The monoisotopic (exact) mass is 276 g/mol. The molecular weight excluding hydrogens is 248 g/mol. The molecular formula is C16H28N4. The molecule has 1 fully saturated rings. The van der Waals surface area contributed by atoms with Gasteiger partial charge in [0.1, 0.15) is 17.5 Å². The molecule has 0 spiro atoms. The zero-order chi connectivity index (χ0) is 14.7. The minimum absolute atomic E-state index is 0.358. The molecule has 2 rings (SSSR count). The van der Waals surface area contributed by atoms with E-state index >= 15 is 0 Å². The van der Waals surface area contributed by atoms with Gasteiger partial charge in [0.05, 0.1) is 0 Å². The van der Waals surface area contributed by atoms with E-state index in [1.165, 1.54) is 12.0 Å². The van der Waals surface area contributed by atoms with Crippen molar-refractivity contribution in [3.8, 4) is 0 Å². The number of aromatic nitrogens is 2. The Kier molecular flexibility index (Phi) is 4.84. The van der Waals surface area contributed by atoms with E-state index in [0.29, 0.717) is 5.92 Å². The van der Waals surface area contributed by atoms with Gasteiger partial charge in [-0.25, -0.2) is 9.97 Å². The number of anilines is 2. The van der Waals surface area contributed by atoms with E-state index in [2.05, 4.69) is 44.8 Å². The highest BCUT2D eigenvalue weighted by Crippen LogP contribution is 2.29. The molecule has 0 aromatic carbocycles. The van der Waals surface area contributed by atoms with Gasteiger partial charge in [-0.1, -0.05) is 27.7 Å². The first-order valence-electron chi connectivity index (χ1n) is 7.90. The van der Waals surface area contributed by atoms with Crippen LogP contribution < -0.4 is 10.2 Å². The quantitative estimate of drug-likeness (QED) is 0.892. The number of nitrogens with zero attached hydrogens (tertiary/aromatic N) is 3. The Hall–Kier alpha value is -1.32. The van der Waals surface area contributed by atoms with Crippen LogP contribution in [0.2, 0.25) is 0 Å². The number of rotatable bonds is 5. The van der Waals surface area contributed by atoms with Crippen LogP contribution in [0.25, 0.3) is 0 Å². The summed E-state index contributed by atoms with van der Waals surface area (Å²) in [5, 5.41) is 3.46. The van der Waals surface area contributed by atoms with Crippen LogP contribution in [-0.4, -0.2) is 29.6 Å². The van der Waals surface area contributed by atoms with Gasteiger partial charge in [0.15, 0.2) is 0 Å². The standard InChI is InChI=1S/C16H28N4/c1-6-8-17-15-13(5)16(19-14(18-15)11(2)3)20-9-7-12(4)10-20/h11-12H,6-10H2,1-5H3,(H,17,18,19). The molecule has 1 aliphatic heterocycles. The third-order valence-corrected chi connectivity index (χ3v) is 3.92. The van der Waals surface area contributed by atoms with Crippen molar-refractivity contribution in [2.45, 2.75) is 53.4 Å². The second-order valence-electron chi connectivity index (χ2n) is 6.30. The van der Waals surface area contributed by atoms with Crippen molar-refractivity contribution in [2.75, 3.05) is 29.9 Å². The Labute approximate surface area is 123 Å². The molecule has 1 saturated heterocycles. The molecule has 0 amide bonds. The van der Waals surface area contributed by atoms with E-state index in [9.17, 15) is 0 Å². The Morgan fingerprint density at radius 2 is 2.10 bits per heavy atom. The maximum atomic E-state index is 4.83. The van der Waals surface area contributed by atoms with Gasteiger partial charge in [-0.05, 0) is 25.7 Å². The Balaban J connectivity index is 2.35. The predicted octanol–water partition coefficient (Wildman–Crippen LogP) is 3.58. The molecule has 1 aliphatic rings. The van der Waals surface area contributed by atoms with Gasteiger partial charge >= 0.3 is 0 Å². The third kappa shape index (κ3) is 3.22. The molecule has 0 radical (unpaired) electrons. The fraction of sp³-hybridized carbons (Fsp3) is 0.750. The van der Waals surface area contributed by atoms with Crippen LogP contribution in [0.3, 0.4) is 0 Å². The lowest BCUT2D eigenvalue weighted by atomic mass is 10.2. The Bertz CT molecular complexity index is 456. The van der Waals surface area contributed by atoms with Gasteiger partial charge in [-0.3, -0.25) is 0 Å². The van der Waals surface area contributed by atoms with Gasteiger partial charge in [-0.15, -0.1) is 0 Å². The summed E-state index contributed by atoms with van der Waals surface area (Å²) in [6, 6.07) is 0. The molecule has 1 aromatic rings. The predicted molar refractivity (Wildman–Crippen MR) is 85.6 cm³/mol. The molecule has 1 unspecified atom stereocenters. The van der Waals surface area contributed by atoms with Crippen molar-refractivity contribution in [1.82, 2.24) is 9.97 Å². The SMILES string of the molecule is CCCNc1nc(C(C)C)nc(N2CCC(C)C2)c1C. The lowest BCUT2D eigenvalue weighted by Gasteiger charge is -2.22. The highest BCUT2D eigenvalue weighted by molar-refractivity contribution is 5.59. The molecule has 2 heterocycles. The van der Waals surface area contributed by atoms with E-state index in [0.717, 1.165) is 49.4 Å². The summed E-state index contributed by atoms with van der Waals surface area (Å²) in [6.45, 7) is 14.1. The molecule has 0 saturated carbocycles. The summed E-state index contributed by atoms with van der Waals surface area (Å²) in [5.74, 6) is 4.21. The molecule has 1 aromatic heterocycles. The van der Waals surface area contributed by atoms with Crippen LogP contribution in [0.1, 0.15) is 57.8 Å². The fourth-order valence-electron chi connectivity index (χ4n) is 2.63. The lowest BCUT2D eigenvalue weighted by molar-refractivity contribution is 0.658. The second-order valence-corrected chi connectivity index (χ2v) is 6.30. The first-order valence-corrected chi connectivity index (χ1v) is 7.90. The molecule has 4 heteroatoms. The van der Waals surface area contributed by atoms with Crippen molar-refractivity contribution in [3.63, 3.8) is 0 Å². The van der Waals surface area contributed by atoms with Crippen molar-refractivity contribution < 1.29 is 0 Å². The summed E-state index contributed by atoms with van der Waals surface area (Å²) in [6.07, 6.45) is 2.37. The molecule has 4 nitrogen and oxygen atoms in total. The van der Waals surface area contributed by atoms with E-state index in [1.54, 1.807) is 0 Å². The van der Waals surface area contributed by atoms with E-state index in [4.69, 9.17) is 9.97 Å². The highest BCUT2D eigenvalue weighted by atomic mass is 15.2. The normalized spacial score (nSPS) is 18.9. The molecule has 0 aliphatic carbocycles. The highest BCUT2D eigenvalue weighted by Gasteiger charge is 2.24. The number of hydrogen-bond acceptors (Lipinski definition) is 4. The minimum Gasteiger partial charge on any atom is -0.370 e. The third-order valence-electron chi connectivity index (χ3n) is 3.92. The first-order chi connectivity index (χ1) is 9.52. The summed E-state index contributed by atoms with van der Waals surface area (Å²) >= 11 is 0. The zero-order valence-corrected chi connectivity index (χ0v) is 13.5. The number of nitrogens with one attached hydrogen (secondary N) is 1. The van der Waals surface area contributed by atoms with Crippen LogP contribution >= 0.6 is 0 Å². The maximum Gasteiger partial charge on any atom is 0.137 e. The Morgan fingerprint density at radius 3 is 2.65 bits per heavy atom. The minimum atomic E-state index is 0.358. The second kappa shape index (κ2) is 6.42. The lowest BCUT2D eigenvalue weighted by Crippen LogP contribution is -2.23. The van der Waals surface area contributed by atoms with Gasteiger partial charge < -0.3 is 10.2 Å². The average Bonchev–Trinajstić information content (AvgIpc) is 2.83. The van der Waals surface area contributed by atoms with E-state index in [1.807, 2.05) is 0 Å². The topological polar surface area (TPSA) is 41.1 Å². The summed E-state index contributed by atoms with van der Waals surface area (Å²) < 4.78 is 0. The fourth-order valence-corrected chi connectivity index (χ4v) is 2.63. The zero-order valence-electron chi connectivity index (χ0n) is 13.5. The summed E-state index contributed by atoms with van der Waals surface area (Å²) in [5.41, 5.74) is 1.19. The Morgan fingerprint density at radius 1 is 1.35 bits per heavy atom. The molecule has 20 heavy (non-hydrogen) atoms. The number of hydrogen-bond donors (Lipinski definition) is 1. The van der Waals surface area contributed by atoms with Gasteiger partial charge in [0.25, 0.3) is 0 Å². The van der Waals surface area contributed by atoms with Crippen LogP contribution in [0.4, 0.5) is 11.6 Å². The van der Waals surface area contributed by atoms with Crippen molar-refractivity contribution in [2.24, 2.45) is 5.92 Å². The first kappa shape index (κ1) is 15.1. The van der Waals surface area contributed by atoms with Crippen LogP contribution in [0.5, 0.6) is 0 Å². The van der Waals surface area contributed by atoms with Crippen molar-refractivity contribution in [1.29, 1.82) is 0 Å². The molecule has 0 bridgehead atoms. The van der Waals surface area contributed by atoms with Crippen molar-refractivity contribution in [3.05, 3.63) is 11.4 Å². The van der Waals surface area contributed by atoms with Crippen LogP contribution in [0.15, 0.2) is 0 Å². The smallest absolute Gasteiger partial charge is 0.137 e. The maximum absolute atomic E-state index is 4.83. The van der Waals surface area contributed by atoms with Gasteiger partial charge in [0.2, 0.25) is 0 Å². The van der Waals surface area contributed by atoms with Gasteiger partial charge in [-0.2, -0.15) is 0 Å². The van der Waals surface area contributed by atoms with Gasteiger partial charge in [0, 0.05) is 31.1 Å².